The molecule has 0 aromatic heterocycles. The van der Waals surface area contributed by atoms with Gasteiger partial charge in [-0.3, -0.25) is 4.79 Å². The van der Waals surface area contributed by atoms with Gasteiger partial charge in [-0.2, -0.15) is 0 Å². The van der Waals surface area contributed by atoms with Crippen molar-refractivity contribution in [2.45, 2.75) is 64.5 Å². The van der Waals surface area contributed by atoms with Gasteiger partial charge in [0.15, 0.2) is 0 Å². The first-order valence-electron chi connectivity index (χ1n) is 7.11. The van der Waals surface area contributed by atoms with Gasteiger partial charge < -0.3 is 16.2 Å². The Bertz CT molecular complexity index is 322. The predicted octanol–water partition coefficient (Wildman–Crippen LogP) is 1.17. The van der Waals surface area contributed by atoms with Gasteiger partial charge in [0.2, 0.25) is 5.91 Å². The molecule has 0 saturated heterocycles. The molecular weight excluding hydrogens is 228 g/mol. The molecular formula is C14H26N2O2. The Morgan fingerprint density at radius 1 is 1.33 bits per heavy atom. The summed E-state index contributed by atoms with van der Waals surface area (Å²) in [5, 5.41) is 12.8. The van der Waals surface area contributed by atoms with E-state index in [1.807, 2.05) is 13.8 Å². The van der Waals surface area contributed by atoms with Crippen molar-refractivity contribution in [3.8, 4) is 0 Å². The van der Waals surface area contributed by atoms with Crippen molar-refractivity contribution in [2.24, 2.45) is 16.6 Å². The molecule has 2 fully saturated rings. The summed E-state index contributed by atoms with van der Waals surface area (Å²) in [6.07, 6.45) is 5.59. The van der Waals surface area contributed by atoms with E-state index in [9.17, 15) is 9.90 Å². The molecule has 0 spiro atoms. The van der Waals surface area contributed by atoms with Gasteiger partial charge in [0, 0.05) is 18.0 Å². The highest BCUT2D eigenvalue weighted by molar-refractivity contribution is 5.83. The molecule has 4 nitrogen and oxygen atoms in total. The molecule has 0 aliphatic heterocycles. The number of carbonyl (C=O) groups excluding carboxylic acids is 1. The number of rotatable bonds is 3. The van der Waals surface area contributed by atoms with Crippen LogP contribution in [0.4, 0.5) is 0 Å². The monoisotopic (exact) mass is 254 g/mol. The van der Waals surface area contributed by atoms with E-state index in [0.29, 0.717) is 13.0 Å². The second-order valence-electron chi connectivity index (χ2n) is 6.64. The fourth-order valence-electron chi connectivity index (χ4n) is 3.21. The van der Waals surface area contributed by atoms with Crippen molar-refractivity contribution in [1.29, 1.82) is 0 Å². The van der Waals surface area contributed by atoms with Crippen molar-refractivity contribution in [2.75, 3.05) is 6.54 Å². The molecule has 18 heavy (non-hydrogen) atoms. The van der Waals surface area contributed by atoms with Gasteiger partial charge in [-0.1, -0.05) is 33.1 Å². The normalized spacial score (nSPS) is 33.6. The van der Waals surface area contributed by atoms with Gasteiger partial charge in [-0.05, 0) is 19.3 Å². The first-order chi connectivity index (χ1) is 8.42. The number of aliphatic hydroxyl groups is 1. The second-order valence-corrected chi connectivity index (χ2v) is 6.64. The Hall–Kier alpha value is -0.610. The van der Waals surface area contributed by atoms with Crippen LogP contribution in [0.15, 0.2) is 0 Å². The molecule has 2 aliphatic rings. The minimum atomic E-state index is -0.352. The van der Waals surface area contributed by atoms with Gasteiger partial charge in [0.25, 0.3) is 0 Å². The highest BCUT2D eigenvalue weighted by Crippen LogP contribution is 2.42. The molecule has 2 saturated carbocycles. The van der Waals surface area contributed by atoms with Crippen LogP contribution in [0.3, 0.4) is 0 Å². The molecule has 0 aromatic carbocycles. The van der Waals surface area contributed by atoms with E-state index in [4.69, 9.17) is 5.73 Å². The maximum Gasteiger partial charge on any atom is 0.227 e. The number of hydrogen-bond acceptors (Lipinski definition) is 3. The summed E-state index contributed by atoms with van der Waals surface area (Å²) in [7, 11) is 0. The van der Waals surface area contributed by atoms with Crippen LogP contribution in [-0.2, 0) is 4.79 Å². The van der Waals surface area contributed by atoms with E-state index in [1.165, 1.54) is 6.42 Å². The van der Waals surface area contributed by atoms with Crippen LogP contribution in [0.5, 0.6) is 0 Å². The minimum absolute atomic E-state index is 0.0883. The third kappa shape index (κ3) is 2.16. The average molecular weight is 254 g/mol. The SMILES string of the molecule is CC1(C)C(O)CC1NC(=O)C1(CN)CCCCC1. The summed E-state index contributed by atoms with van der Waals surface area (Å²) in [5.74, 6) is 0.106. The molecule has 0 bridgehead atoms. The zero-order valence-electron chi connectivity index (χ0n) is 11.5. The lowest BCUT2D eigenvalue weighted by Crippen LogP contribution is -2.63. The Morgan fingerprint density at radius 3 is 2.39 bits per heavy atom. The van der Waals surface area contributed by atoms with E-state index in [-0.39, 0.29) is 28.9 Å². The molecule has 0 radical (unpaired) electrons. The molecule has 1 amide bonds. The van der Waals surface area contributed by atoms with Gasteiger partial charge in [-0.15, -0.1) is 0 Å². The summed E-state index contributed by atoms with van der Waals surface area (Å²) in [6.45, 7) is 4.44. The van der Waals surface area contributed by atoms with Gasteiger partial charge in [-0.25, -0.2) is 0 Å². The van der Waals surface area contributed by atoms with Crippen LogP contribution in [0.1, 0.15) is 52.4 Å². The standard InChI is InChI=1S/C14H26N2O2/c1-13(2)10(8-11(13)17)16-12(18)14(9-15)6-4-3-5-7-14/h10-11,17H,3-9,15H2,1-2H3,(H,16,18). The molecule has 4 N–H and O–H groups in total. The lowest BCUT2D eigenvalue weighted by molar-refractivity contribution is -0.140. The fourth-order valence-corrected chi connectivity index (χ4v) is 3.21. The smallest absolute Gasteiger partial charge is 0.227 e. The average Bonchev–Trinajstić information content (AvgIpc) is 2.39. The van der Waals surface area contributed by atoms with Crippen molar-refractivity contribution in [3.05, 3.63) is 0 Å². The van der Waals surface area contributed by atoms with Crippen LogP contribution >= 0.6 is 0 Å². The van der Waals surface area contributed by atoms with Crippen molar-refractivity contribution >= 4 is 5.91 Å². The van der Waals surface area contributed by atoms with Crippen LogP contribution in [0.25, 0.3) is 0 Å². The number of hydrogen-bond donors (Lipinski definition) is 3. The zero-order valence-corrected chi connectivity index (χ0v) is 11.5. The predicted molar refractivity (Wildman–Crippen MR) is 70.9 cm³/mol. The van der Waals surface area contributed by atoms with Crippen LogP contribution in [0, 0.1) is 10.8 Å². The van der Waals surface area contributed by atoms with Gasteiger partial charge >= 0.3 is 0 Å². The van der Waals surface area contributed by atoms with Gasteiger partial charge in [0.1, 0.15) is 0 Å². The summed E-state index contributed by atoms with van der Waals surface area (Å²) in [5.41, 5.74) is 5.30. The maximum atomic E-state index is 12.5. The van der Waals surface area contributed by atoms with E-state index in [0.717, 1.165) is 25.7 Å². The third-order valence-electron chi connectivity index (χ3n) is 5.20. The number of amides is 1. The van der Waals surface area contributed by atoms with Crippen molar-refractivity contribution in [1.82, 2.24) is 5.32 Å². The lowest BCUT2D eigenvalue weighted by atomic mass is 9.64. The third-order valence-corrected chi connectivity index (χ3v) is 5.20. The molecule has 2 aliphatic carbocycles. The van der Waals surface area contributed by atoms with E-state index >= 15 is 0 Å². The van der Waals surface area contributed by atoms with Crippen molar-refractivity contribution in [3.63, 3.8) is 0 Å². The van der Waals surface area contributed by atoms with E-state index < -0.39 is 0 Å². The molecule has 2 rings (SSSR count). The molecule has 4 heteroatoms. The summed E-state index contributed by atoms with van der Waals surface area (Å²) >= 11 is 0. The largest absolute Gasteiger partial charge is 0.392 e. The minimum Gasteiger partial charge on any atom is -0.392 e. The Morgan fingerprint density at radius 2 is 1.94 bits per heavy atom. The maximum absolute atomic E-state index is 12.5. The zero-order chi connectivity index (χ0) is 13.4. The van der Waals surface area contributed by atoms with Crippen LogP contribution < -0.4 is 11.1 Å². The molecule has 0 heterocycles. The lowest BCUT2D eigenvalue weighted by Gasteiger charge is -2.50. The Kier molecular flexibility index (Phi) is 3.70. The van der Waals surface area contributed by atoms with Crippen LogP contribution in [0.2, 0.25) is 0 Å². The number of nitrogens with two attached hydrogens (primary N) is 1. The fraction of sp³-hybridized carbons (Fsp3) is 0.929. The highest BCUT2D eigenvalue weighted by atomic mass is 16.3. The summed E-state index contributed by atoms with van der Waals surface area (Å²) < 4.78 is 0. The number of aliphatic hydroxyl groups excluding tert-OH is 1. The molecule has 2 atom stereocenters. The Labute approximate surface area is 109 Å². The van der Waals surface area contributed by atoms with Crippen LogP contribution in [-0.4, -0.2) is 29.7 Å². The number of nitrogens with one attached hydrogen (secondary N) is 1. The quantitative estimate of drug-likeness (QED) is 0.707. The second kappa shape index (κ2) is 4.82. The van der Waals surface area contributed by atoms with E-state index in [1.54, 1.807) is 0 Å². The molecule has 2 unspecified atom stereocenters. The number of carbonyl (C=O) groups is 1. The van der Waals surface area contributed by atoms with Gasteiger partial charge in [0.05, 0.1) is 11.5 Å². The first kappa shape index (κ1) is 13.8. The molecule has 0 aromatic rings. The highest BCUT2D eigenvalue weighted by Gasteiger charge is 2.50. The Balaban J connectivity index is 1.99. The summed E-state index contributed by atoms with van der Waals surface area (Å²) in [6, 6.07) is 0.0883. The summed E-state index contributed by atoms with van der Waals surface area (Å²) in [4.78, 5) is 12.5. The van der Waals surface area contributed by atoms with Crippen molar-refractivity contribution < 1.29 is 9.90 Å². The topological polar surface area (TPSA) is 75.3 Å². The first-order valence-corrected chi connectivity index (χ1v) is 7.11. The molecule has 104 valence electrons. The van der Waals surface area contributed by atoms with E-state index in [2.05, 4.69) is 5.32 Å².